The van der Waals surface area contributed by atoms with E-state index in [0.717, 1.165) is 11.0 Å². The van der Waals surface area contributed by atoms with Crippen LogP contribution in [0.25, 0.3) is 22.4 Å². The second-order valence-electron chi connectivity index (χ2n) is 6.35. The Bertz CT molecular complexity index is 1150. The summed E-state index contributed by atoms with van der Waals surface area (Å²) in [5, 5.41) is 3.41. The van der Waals surface area contributed by atoms with Crippen molar-refractivity contribution >= 4 is 34.2 Å². The van der Waals surface area contributed by atoms with Gasteiger partial charge in [-0.05, 0) is 42.5 Å². The van der Waals surface area contributed by atoms with Crippen LogP contribution < -0.4 is 14.8 Å². The molecule has 0 aliphatic carbocycles. The molecule has 1 amide bonds. The number of rotatable bonds is 5. The lowest BCUT2D eigenvalue weighted by Gasteiger charge is -2.10. The molecule has 4 aromatic rings. The average molecular weight is 408 g/mol. The normalized spacial score (nSPS) is 10.7. The van der Waals surface area contributed by atoms with E-state index in [1.54, 1.807) is 36.4 Å². The first-order chi connectivity index (χ1) is 14.1. The summed E-state index contributed by atoms with van der Waals surface area (Å²) in [5.74, 6) is 1.41. The summed E-state index contributed by atoms with van der Waals surface area (Å²) in [4.78, 5) is 20.6. The molecule has 6 nitrogen and oxygen atoms in total. The number of methoxy groups -OCH3 is 2. The standard InChI is InChI=1S/C22H18ClN3O3/c1-28-15-9-13(10-16(12-15)29-2)22(27)24-14-7-8-18(23)17(11-14)21-25-19-5-3-4-6-20(19)26-21/h3-12H,1-2H3,(H,24,27)(H,25,26). The second kappa shape index (κ2) is 7.85. The van der Waals surface area contributed by atoms with Crippen molar-refractivity contribution in [1.29, 1.82) is 0 Å². The van der Waals surface area contributed by atoms with E-state index in [1.165, 1.54) is 14.2 Å². The Morgan fingerprint density at radius 2 is 1.72 bits per heavy atom. The number of carbonyl (C=O) groups excluding carboxylic acids is 1. The van der Waals surface area contributed by atoms with Crippen molar-refractivity contribution in [2.45, 2.75) is 0 Å². The highest BCUT2D eigenvalue weighted by Gasteiger charge is 2.13. The molecular formula is C22H18ClN3O3. The van der Waals surface area contributed by atoms with Gasteiger partial charge in [-0.1, -0.05) is 23.7 Å². The van der Waals surface area contributed by atoms with Gasteiger partial charge in [0.2, 0.25) is 0 Å². The molecule has 0 fully saturated rings. The first-order valence-electron chi connectivity index (χ1n) is 8.86. The summed E-state index contributed by atoms with van der Waals surface area (Å²) in [6, 6.07) is 18.0. The number of hydrogen-bond acceptors (Lipinski definition) is 4. The predicted octanol–water partition coefficient (Wildman–Crippen LogP) is 5.15. The molecule has 0 bridgehead atoms. The Hall–Kier alpha value is -3.51. The van der Waals surface area contributed by atoms with Crippen LogP contribution in [-0.2, 0) is 0 Å². The van der Waals surface area contributed by atoms with Crippen molar-refractivity contribution in [2.24, 2.45) is 0 Å². The van der Waals surface area contributed by atoms with Gasteiger partial charge >= 0.3 is 0 Å². The summed E-state index contributed by atoms with van der Waals surface area (Å²) < 4.78 is 10.5. The first kappa shape index (κ1) is 18.8. The largest absolute Gasteiger partial charge is 0.497 e. The minimum absolute atomic E-state index is 0.292. The van der Waals surface area contributed by atoms with Gasteiger partial charge in [-0.3, -0.25) is 4.79 Å². The van der Waals surface area contributed by atoms with Gasteiger partial charge in [0.15, 0.2) is 0 Å². The number of anilines is 1. The molecule has 0 atom stereocenters. The van der Waals surface area contributed by atoms with E-state index in [0.29, 0.717) is 39.2 Å². The molecule has 3 aromatic carbocycles. The average Bonchev–Trinajstić information content (AvgIpc) is 3.18. The number of fused-ring (bicyclic) bond motifs is 1. The fourth-order valence-corrected chi connectivity index (χ4v) is 3.21. The summed E-state index contributed by atoms with van der Waals surface area (Å²) in [6.07, 6.45) is 0. The lowest BCUT2D eigenvalue weighted by Crippen LogP contribution is -2.12. The molecule has 29 heavy (non-hydrogen) atoms. The van der Waals surface area contributed by atoms with Gasteiger partial charge in [-0.2, -0.15) is 0 Å². The predicted molar refractivity (Wildman–Crippen MR) is 114 cm³/mol. The highest BCUT2D eigenvalue weighted by molar-refractivity contribution is 6.33. The van der Waals surface area contributed by atoms with Crippen LogP contribution in [0, 0.1) is 0 Å². The molecule has 0 aliphatic rings. The zero-order chi connectivity index (χ0) is 20.4. The number of aromatic amines is 1. The molecule has 0 unspecified atom stereocenters. The lowest BCUT2D eigenvalue weighted by atomic mass is 10.1. The molecule has 1 aromatic heterocycles. The van der Waals surface area contributed by atoms with Crippen molar-refractivity contribution in [3.63, 3.8) is 0 Å². The number of benzene rings is 3. The van der Waals surface area contributed by atoms with Crippen molar-refractivity contribution in [3.8, 4) is 22.9 Å². The molecule has 0 saturated carbocycles. The van der Waals surface area contributed by atoms with Gasteiger partial charge < -0.3 is 19.8 Å². The molecule has 0 aliphatic heterocycles. The van der Waals surface area contributed by atoms with Gasteiger partial charge in [0.25, 0.3) is 5.91 Å². The topological polar surface area (TPSA) is 76.2 Å². The maximum absolute atomic E-state index is 12.7. The Balaban J connectivity index is 1.65. The van der Waals surface area contributed by atoms with E-state index in [-0.39, 0.29) is 5.91 Å². The van der Waals surface area contributed by atoms with Gasteiger partial charge in [-0.25, -0.2) is 4.98 Å². The van der Waals surface area contributed by atoms with Crippen molar-refractivity contribution < 1.29 is 14.3 Å². The third-order valence-corrected chi connectivity index (χ3v) is 4.81. The fourth-order valence-electron chi connectivity index (χ4n) is 3.01. The van der Waals surface area contributed by atoms with Gasteiger partial charge in [-0.15, -0.1) is 0 Å². The summed E-state index contributed by atoms with van der Waals surface area (Å²) >= 11 is 6.39. The molecule has 4 rings (SSSR count). The lowest BCUT2D eigenvalue weighted by molar-refractivity contribution is 0.102. The first-order valence-corrected chi connectivity index (χ1v) is 9.24. The van der Waals surface area contributed by atoms with Crippen LogP contribution in [0.5, 0.6) is 11.5 Å². The molecule has 7 heteroatoms. The number of hydrogen-bond donors (Lipinski definition) is 2. The fraction of sp³-hybridized carbons (Fsp3) is 0.0909. The third-order valence-electron chi connectivity index (χ3n) is 4.48. The maximum atomic E-state index is 12.7. The van der Waals surface area contributed by atoms with Crippen LogP contribution in [0.3, 0.4) is 0 Å². The molecule has 146 valence electrons. The number of ether oxygens (including phenoxy) is 2. The molecule has 0 radical (unpaired) electrons. The molecule has 2 N–H and O–H groups in total. The Kier molecular flexibility index (Phi) is 5.10. The number of halogens is 1. The smallest absolute Gasteiger partial charge is 0.255 e. The van der Waals surface area contributed by atoms with Crippen LogP contribution in [-0.4, -0.2) is 30.1 Å². The number of nitrogens with zero attached hydrogens (tertiary/aromatic N) is 1. The van der Waals surface area contributed by atoms with Gasteiger partial charge in [0.05, 0.1) is 30.3 Å². The van der Waals surface area contributed by atoms with E-state index in [2.05, 4.69) is 15.3 Å². The van der Waals surface area contributed by atoms with Crippen LogP contribution in [0.4, 0.5) is 5.69 Å². The number of para-hydroxylation sites is 2. The number of aromatic nitrogens is 2. The minimum atomic E-state index is -0.292. The van der Waals surface area contributed by atoms with E-state index < -0.39 is 0 Å². The van der Waals surface area contributed by atoms with Crippen LogP contribution >= 0.6 is 11.6 Å². The number of imidazole rings is 1. The summed E-state index contributed by atoms with van der Waals surface area (Å²) in [6.45, 7) is 0. The Labute approximate surface area is 172 Å². The quantitative estimate of drug-likeness (QED) is 0.479. The second-order valence-corrected chi connectivity index (χ2v) is 6.76. The summed E-state index contributed by atoms with van der Waals surface area (Å²) in [7, 11) is 3.07. The van der Waals surface area contributed by atoms with E-state index in [1.807, 2.05) is 24.3 Å². The SMILES string of the molecule is COc1cc(OC)cc(C(=O)Nc2ccc(Cl)c(-c3nc4ccccc4[nH]3)c2)c1. The van der Waals surface area contributed by atoms with Crippen LogP contribution in [0.15, 0.2) is 60.7 Å². The maximum Gasteiger partial charge on any atom is 0.255 e. The zero-order valence-corrected chi connectivity index (χ0v) is 16.6. The van der Waals surface area contributed by atoms with Crippen molar-refractivity contribution in [2.75, 3.05) is 19.5 Å². The van der Waals surface area contributed by atoms with E-state index in [4.69, 9.17) is 21.1 Å². The third kappa shape index (κ3) is 3.88. The van der Waals surface area contributed by atoms with Gasteiger partial charge in [0, 0.05) is 22.9 Å². The highest BCUT2D eigenvalue weighted by Crippen LogP contribution is 2.31. The van der Waals surface area contributed by atoms with E-state index >= 15 is 0 Å². The van der Waals surface area contributed by atoms with Crippen molar-refractivity contribution in [1.82, 2.24) is 9.97 Å². The molecule has 1 heterocycles. The Morgan fingerprint density at radius 1 is 1.00 bits per heavy atom. The number of nitrogens with one attached hydrogen (secondary N) is 2. The highest BCUT2D eigenvalue weighted by atomic mass is 35.5. The minimum Gasteiger partial charge on any atom is -0.497 e. The Morgan fingerprint density at radius 3 is 2.41 bits per heavy atom. The summed E-state index contributed by atoms with van der Waals surface area (Å²) in [5.41, 5.74) is 3.47. The van der Waals surface area contributed by atoms with Crippen LogP contribution in [0.2, 0.25) is 5.02 Å². The molecule has 0 saturated heterocycles. The molecule has 0 spiro atoms. The molecular weight excluding hydrogens is 390 g/mol. The van der Waals surface area contributed by atoms with Crippen LogP contribution in [0.1, 0.15) is 10.4 Å². The monoisotopic (exact) mass is 407 g/mol. The number of H-pyrrole nitrogens is 1. The van der Waals surface area contributed by atoms with Crippen molar-refractivity contribution in [3.05, 3.63) is 71.2 Å². The number of amides is 1. The van der Waals surface area contributed by atoms with E-state index in [9.17, 15) is 4.79 Å². The number of carbonyl (C=O) groups is 1. The van der Waals surface area contributed by atoms with Gasteiger partial charge in [0.1, 0.15) is 17.3 Å². The zero-order valence-electron chi connectivity index (χ0n) is 15.8.